The number of amides is 1. The zero-order chi connectivity index (χ0) is 13.8. The standard InChI is InChI=1S/C13H14Br2N2O2/c1-19-4-2-3-16-13(18)9-7-17-12-6-11(15)10(14)5-8(9)12/h5-7,17H,2-4H2,1H3,(H,16,18). The molecule has 0 aliphatic heterocycles. The molecule has 6 heteroatoms. The second-order valence-corrected chi connectivity index (χ2v) is 5.83. The van der Waals surface area contributed by atoms with Gasteiger partial charge in [-0.2, -0.15) is 0 Å². The van der Waals surface area contributed by atoms with Crippen LogP contribution in [0.3, 0.4) is 0 Å². The summed E-state index contributed by atoms with van der Waals surface area (Å²) in [5.41, 5.74) is 1.58. The fourth-order valence-electron chi connectivity index (χ4n) is 1.82. The Morgan fingerprint density at radius 3 is 2.84 bits per heavy atom. The largest absolute Gasteiger partial charge is 0.385 e. The van der Waals surface area contributed by atoms with Crippen LogP contribution in [0, 0.1) is 0 Å². The van der Waals surface area contributed by atoms with Crippen LogP contribution in [0.2, 0.25) is 0 Å². The van der Waals surface area contributed by atoms with Gasteiger partial charge in [0.15, 0.2) is 0 Å². The molecule has 102 valence electrons. The Kier molecular flexibility index (Phi) is 5.01. The van der Waals surface area contributed by atoms with Crippen molar-refractivity contribution < 1.29 is 9.53 Å². The molecule has 0 bridgehead atoms. The van der Waals surface area contributed by atoms with Crippen molar-refractivity contribution in [3.63, 3.8) is 0 Å². The second kappa shape index (κ2) is 6.54. The molecule has 1 amide bonds. The summed E-state index contributed by atoms with van der Waals surface area (Å²) in [5.74, 6) is -0.0726. The van der Waals surface area contributed by atoms with E-state index in [1.165, 1.54) is 0 Å². The molecule has 0 saturated heterocycles. The molecule has 0 fully saturated rings. The van der Waals surface area contributed by atoms with Gasteiger partial charge in [-0.15, -0.1) is 0 Å². The first-order chi connectivity index (χ1) is 9.13. The molecular formula is C13H14Br2N2O2. The summed E-state index contributed by atoms with van der Waals surface area (Å²) in [7, 11) is 1.65. The number of ether oxygens (including phenoxy) is 1. The minimum atomic E-state index is -0.0726. The van der Waals surface area contributed by atoms with E-state index >= 15 is 0 Å². The molecule has 0 aliphatic rings. The van der Waals surface area contributed by atoms with E-state index in [4.69, 9.17) is 4.74 Å². The van der Waals surface area contributed by atoms with Crippen molar-refractivity contribution >= 4 is 48.7 Å². The molecule has 2 rings (SSSR count). The topological polar surface area (TPSA) is 54.1 Å². The number of aromatic nitrogens is 1. The maximum atomic E-state index is 12.1. The average molecular weight is 390 g/mol. The zero-order valence-electron chi connectivity index (χ0n) is 10.4. The number of methoxy groups -OCH3 is 1. The van der Waals surface area contributed by atoms with Gasteiger partial charge in [0.1, 0.15) is 0 Å². The van der Waals surface area contributed by atoms with Crippen LogP contribution in [0.25, 0.3) is 10.9 Å². The lowest BCUT2D eigenvalue weighted by atomic mass is 10.1. The highest BCUT2D eigenvalue weighted by atomic mass is 79.9. The van der Waals surface area contributed by atoms with Gasteiger partial charge in [0.05, 0.1) is 5.56 Å². The van der Waals surface area contributed by atoms with E-state index < -0.39 is 0 Å². The molecule has 4 nitrogen and oxygen atoms in total. The molecule has 0 unspecified atom stereocenters. The molecule has 0 aliphatic carbocycles. The number of aromatic amines is 1. The highest BCUT2D eigenvalue weighted by Gasteiger charge is 2.13. The van der Waals surface area contributed by atoms with Crippen LogP contribution in [0.4, 0.5) is 0 Å². The normalized spacial score (nSPS) is 10.9. The molecule has 0 spiro atoms. The molecule has 0 radical (unpaired) electrons. The van der Waals surface area contributed by atoms with Crippen molar-refractivity contribution in [1.29, 1.82) is 0 Å². The van der Waals surface area contributed by atoms with Gasteiger partial charge < -0.3 is 15.0 Å². The fraction of sp³-hybridized carbons (Fsp3) is 0.308. The van der Waals surface area contributed by atoms with Gasteiger partial charge in [-0.1, -0.05) is 0 Å². The van der Waals surface area contributed by atoms with Gasteiger partial charge in [0.25, 0.3) is 5.91 Å². The Hall–Kier alpha value is -0.850. The predicted molar refractivity (Wildman–Crippen MR) is 82.5 cm³/mol. The van der Waals surface area contributed by atoms with E-state index in [-0.39, 0.29) is 5.91 Å². The summed E-state index contributed by atoms with van der Waals surface area (Å²) in [4.78, 5) is 15.2. The number of carbonyl (C=O) groups is 1. The lowest BCUT2D eigenvalue weighted by Gasteiger charge is -2.04. The summed E-state index contributed by atoms with van der Waals surface area (Å²) >= 11 is 6.89. The highest BCUT2D eigenvalue weighted by molar-refractivity contribution is 9.13. The molecule has 19 heavy (non-hydrogen) atoms. The van der Waals surface area contributed by atoms with Gasteiger partial charge in [-0.05, 0) is 50.4 Å². The summed E-state index contributed by atoms with van der Waals surface area (Å²) in [6, 6.07) is 3.88. The maximum Gasteiger partial charge on any atom is 0.253 e. The third-order valence-electron chi connectivity index (χ3n) is 2.78. The number of nitrogens with one attached hydrogen (secondary N) is 2. The number of hydrogen-bond acceptors (Lipinski definition) is 2. The molecule has 2 aromatic rings. The van der Waals surface area contributed by atoms with Crippen molar-refractivity contribution in [2.75, 3.05) is 20.3 Å². The third kappa shape index (κ3) is 3.38. The Labute approximate surface area is 128 Å². The SMILES string of the molecule is COCCCNC(=O)c1c[nH]c2cc(Br)c(Br)cc12. The number of benzene rings is 1. The first kappa shape index (κ1) is 14.6. The third-order valence-corrected chi connectivity index (χ3v) is 4.62. The summed E-state index contributed by atoms with van der Waals surface area (Å²) in [5, 5.41) is 3.78. The van der Waals surface area contributed by atoms with Crippen LogP contribution in [-0.4, -0.2) is 31.2 Å². The van der Waals surface area contributed by atoms with Crippen molar-refractivity contribution in [3.8, 4) is 0 Å². The molecule has 0 saturated carbocycles. The van der Waals surface area contributed by atoms with Gasteiger partial charge in [0, 0.05) is 46.3 Å². The molecule has 1 heterocycles. The Balaban J connectivity index is 2.16. The van der Waals surface area contributed by atoms with Crippen LogP contribution in [-0.2, 0) is 4.74 Å². The second-order valence-electron chi connectivity index (χ2n) is 4.12. The smallest absolute Gasteiger partial charge is 0.253 e. The van der Waals surface area contributed by atoms with E-state index in [1.54, 1.807) is 13.3 Å². The van der Waals surface area contributed by atoms with E-state index in [0.717, 1.165) is 26.3 Å². The van der Waals surface area contributed by atoms with Crippen LogP contribution >= 0.6 is 31.9 Å². The molecule has 2 N–H and O–H groups in total. The lowest BCUT2D eigenvalue weighted by molar-refractivity contribution is 0.0950. The van der Waals surface area contributed by atoms with Crippen molar-refractivity contribution in [1.82, 2.24) is 10.3 Å². The van der Waals surface area contributed by atoms with Crippen molar-refractivity contribution in [2.24, 2.45) is 0 Å². The van der Waals surface area contributed by atoms with Gasteiger partial charge in [-0.25, -0.2) is 0 Å². The number of hydrogen-bond donors (Lipinski definition) is 2. The Morgan fingerprint density at radius 1 is 1.37 bits per heavy atom. The summed E-state index contributed by atoms with van der Waals surface area (Å²) in [6.07, 6.45) is 2.54. The van der Waals surface area contributed by atoms with Crippen LogP contribution < -0.4 is 5.32 Å². The van der Waals surface area contributed by atoms with Crippen molar-refractivity contribution in [3.05, 3.63) is 32.8 Å². The first-order valence-electron chi connectivity index (χ1n) is 5.86. The van der Waals surface area contributed by atoms with Crippen LogP contribution in [0.15, 0.2) is 27.3 Å². The van der Waals surface area contributed by atoms with Crippen molar-refractivity contribution in [2.45, 2.75) is 6.42 Å². The van der Waals surface area contributed by atoms with Gasteiger partial charge in [0.2, 0.25) is 0 Å². The lowest BCUT2D eigenvalue weighted by Crippen LogP contribution is -2.24. The minimum absolute atomic E-state index is 0.0726. The molecule has 1 aromatic carbocycles. The van der Waals surface area contributed by atoms with E-state index in [0.29, 0.717) is 18.7 Å². The van der Waals surface area contributed by atoms with E-state index in [1.807, 2.05) is 12.1 Å². The number of rotatable bonds is 5. The highest BCUT2D eigenvalue weighted by Crippen LogP contribution is 2.29. The van der Waals surface area contributed by atoms with E-state index in [2.05, 4.69) is 42.2 Å². The van der Waals surface area contributed by atoms with Crippen LogP contribution in [0.5, 0.6) is 0 Å². The molecule has 1 aromatic heterocycles. The monoisotopic (exact) mass is 388 g/mol. The Morgan fingerprint density at radius 2 is 2.11 bits per heavy atom. The summed E-state index contributed by atoms with van der Waals surface area (Å²) in [6.45, 7) is 1.25. The number of H-pyrrole nitrogens is 1. The number of halogens is 2. The minimum Gasteiger partial charge on any atom is -0.385 e. The van der Waals surface area contributed by atoms with Gasteiger partial charge >= 0.3 is 0 Å². The van der Waals surface area contributed by atoms with Gasteiger partial charge in [-0.3, -0.25) is 4.79 Å². The number of carbonyl (C=O) groups excluding carboxylic acids is 1. The van der Waals surface area contributed by atoms with E-state index in [9.17, 15) is 4.79 Å². The number of fused-ring (bicyclic) bond motifs is 1. The zero-order valence-corrected chi connectivity index (χ0v) is 13.6. The quantitative estimate of drug-likeness (QED) is 0.769. The van der Waals surface area contributed by atoms with Crippen LogP contribution in [0.1, 0.15) is 16.8 Å². The fourth-order valence-corrected chi connectivity index (χ4v) is 2.51. The predicted octanol–water partition coefficient (Wildman–Crippen LogP) is 3.46. The molecule has 0 atom stereocenters. The first-order valence-corrected chi connectivity index (χ1v) is 7.45. The Bertz CT molecular complexity index is 596. The maximum absolute atomic E-state index is 12.1. The summed E-state index contributed by atoms with van der Waals surface area (Å²) < 4.78 is 6.82. The molecular weight excluding hydrogens is 376 g/mol. The average Bonchev–Trinajstić information content (AvgIpc) is 2.78.